The summed E-state index contributed by atoms with van der Waals surface area (Å²) in [5, 5.41) is 6.63. The fourth-order valence-electron chi connectivity index (χ4n) is 3.77. The Bertz CT molecular complexity index is 885. The van der Waals surface area contributed by atoms with Crippen LogP contribution in [0.2, 0.25) is 0 Å². The Labute approximate surface area is 156 Å². The number of rotatable bonds is 5. The van der Waals surface area contributed by atoms with Gasteiger partial charge in [0.1, 0.15) is 0 Å². The minimum Gasteiger partial charge on any atom is -0.414 e. The van der Waals surface area contributed by atoms with Gasteiger partial charge in [-0.2, -0.15) is 0 Å². The Morgan fingerprint density at radius 2 is 2.28 bits per heavy atom. The lowest BCUT2D eigenvalue weighted by atomic mass is 10.1. The molecule has 4 heterocycles. The molecule has 2 aromatic heterocycles. The first-order chi connectivity index (χ1) is 12.0. The second-order valence-corrected chi connectivity index (χ2v) is 10.4. The van der Waals surface area contributed by atoms with Crippen LogP contribution in [-0.4, -0.2) is 41.1 Å². The van der Waals surface area contributed by atoms with Crippen LogP contribution in [0.4, 0.5) is 0 Å². The smallest absolute Gasteiger partial charge is 0.288 e. The molecule has 25 heavy (non-hydrogen) atoms. The van der Waals surface area contributed by atoms with Crippen LogP contribution in [0.5, 0.6) is 0 Å². The summed E-state index contributed by atoms with van der Waals surface area (Å²) in [5.74, 6) is 1.15. The Morgan fingerprint density at radius 1 is 1.40 bits per heavy atom. The highest BCUT2D eigenvalue weighted by molar-refractivity contribution is 7.91. The maximum atomic E-state index is 11.6. The standard InChI is InChI=1S/C16H21N3O3S3/c20-25(21)8-5-12(10-25)9-15-17-19(16(23)22-15)11-18-6-1-3-13(18)14-4-2-7-24-14/h2,4,7,12-13H,1,3,5-6,8-11H2/t12-,13+/m0/s1. The average Bonchev–Trinajstić information content (AvgIpc) is 3.30. The predicted octanol–water partition coefficient (Wildman–Crippen LogP) is 3.04. The van der Waals surface area contributed by atoms with Gasteiger partial charge >= 0.3 is 0 Å². The maximum Gasteiger partial charge on any atom is 0.288 e. The molecule has 0 amide bonds. The summed E-state index contributed by atoms with van der Waals surface area (Å²) in [6, 6.07) is 4.69. The molecule has 0 N–H and O–H groups in total. The quantitative estimate of drug-likeness (QED) is 0.720. The number of nitrogens with zero attached hydrogens (tertiary/aromatic N) is 3. The topological polar surface area (TPSA) is 68.3 Å². The minimum absolute atomic E-state index is 0.0946. The summed E-state index contributed by atoms with van der Waals surface area (Å²) in [4.78, 5) is 4.13. The highest BCUT2D eigenvalue weighted by Crippen LogP contribution is 2.34. The van der Waals surface area contributed by atoms with E-state index in [0.717, 1.165) is 13.0 Å². The highest BCUT2D eigenvalue weighted by Gasteiger charge is 2.30. The summed E-state index contributed by atoms with van der Waals surface area (Å²) < 4.78 is 30.6. The van der Waals surface area contributed by atoms with E-state index in [1.165, 1.54) is 11.3 Å². The van der Waals surface area contributed by atoms with E-state index in [-0.39, 0.29) is 17.4 Å². The number of hydrogen-bond acceptors (Lipinski definition) is 7. The minimum atomic E-state index is -2.88. The van der Waals surface area contributed by atoms with E-state index in [0.29, 0.717) is 36.3 Å². The monoisotopic (exact) mass is 399 g/mol. The number of thiophene rings is 1. The zero-order chi connectivity index (χ0) is 17.4. The van der Waals surface area contributed by atoms with E-state index in [9.17, 15) is 8.42 Å². The van der Waals surface area contributed by atoms with E-state index in [2.05, 4.69) is 27.5 Å². The average molecular weight is 400 g/mol. The van der Waals surface area contributed by atoms with Crippen molar-refractivity contribution in [3.8, 4) is 0 Å². The van der Waals surface area contributed by atoms with Crippen LogP contribution < -0.4 is 0 Å². The van der Waals surface area contributed by atoms with Crippen molar-refractivity contribution in [1.29, 1.82) is 0 Å². The van der Waals surface area contributed by atoms with Crippen molar-refractivity contribution in [1.82, 2.24) is 14.7 Å². The molecule has 0 unspecified atom stereocenters. The third-order valence-corrected chi connectivity index (χ3v) is 8.09. The molecule has 0 aliphatic carbocycles. The molecule has 4 rings (SSSR count). The van der Waals surface area contributed by atoms with Gasteiger partial charge in [-0.05, 0) is 48.8 Å². The number of sulfone groups is 1. The van der Waals surface area contributed by atoms with Crippen molar-refractivity contribution >= 4 is 33.4 Å². The van der Waals surface area contributed by atoms with Gasteiger partial charge in [0, 0.05) is 23.9 Å². The van der Waals surface area contributed by atoms with E-state index in [1.807, 2.05) is 0 Å². The Balaban J connectivity index is 1.45. The molecule has 2 aliphatic heterocycles. The van der Waals surface area contributed by atoms with Crippen LogP contribution >= 0.6 is 23.6 Å². The molecule has 2 atom stereocenters. The van der Waals surface area contributed by atoms with Crippen molar-refractivity contribution in [3.63, 3.8) is 0 Å². The fraction of sp³-hybridized carbons (Fsp3) is 0.625. The predicted molar refractivity (Wildman–Crippen MR) is 98.8 cm³/mol. The van der Waals surface area contributed by atoms with Crippen molar-refractivity contribution in [3.05, 3.63) is 33.1 Å². The third kappa shape index (κ3) is 3.89. The Morgan fingerprint density at radius 3 is 3.00 bits per heavy atom. The lowest BCUT2D eigenvalue weighted by Gasteiger charge is -2.22. The number of likely N-dealkylation sites (tertiary alicyclic amines) is 1. The molecular weight excluding hydrogens is 378 g/mol. The van der Waals surface area contributed by atoms with Crippen LogP contribution in [0.15, 0.2) is 21.9 Å². The summed E-state index contributed by atoms with van der Waals surface area (Å²) in [6.07, 6.45) is 3.55. The van der Waals surface area contributed by atoms with Crippen molar-refractivity contribution in [2.45, 2.75) is 38.4 Å². The molecule has 2 saturated heterocycles. The van der Waals surface area contributed by atoms with Gasteiger partial charge in [0.15, 0.2) is 9.84 Å². The van der Waals surface area contributed by atoms with Gasteiger partial charge in [-0.3, -0.25) is 4.90 Å². The molecule has 0 spiro atoms. The van der Waals surface area contributed by atoms with Crippen LogP contribution in [0.3, 0.4) is 0 Å². The molecule has 0 aromatic carbocycles. The van der Waals surface area contributed by atoms with Crippen LogP contribution in [-0.2, 0) is 22.9 Å². The molecule has 0 bridgehead atoms. The first-order valence-corrected chi connectivity index (χ1v) is 11.7. The van der Waals surface area contributed by atoms with Gasteiger partial charge in [0.2, 0.25) is 5.89 Å². The van der Waals surface area contributed by atoms with Gasteiger partial charge in [0.05, 0.1) is 18.2 Å². The van der Waals surface area contributed by atoms with Gasteiger partial charge in [-0.25, -0.2) is 13.1 Å². The zero-order valence-corrected chi connectivity index (χ0v) is 16.3. The highest BCUT2D eigenvalue weighted by atomic mass is 32.2. The van der Waals surface area contributed by atoms with Gasteiger partial charge in [0.25, 0.3) is 4.84 Å². The second kappa shape index (κ2) is 6.94. The van der Waals surface area contributed by atoms with Crippen LogP contribution in [0, 0.1) is 10.8 Å². The summed E-state index contributed by atoms with van der Waals surface area (Å²) in [7, 11) is -2.88. The Kier molecular flexibility index (Phi) is 4.83. The van der Waals surface area contributed by atoms with E-state index in [4.69, 9.17) is 16.6 Å². The van der Waals surface area contributed by atoms with E-state index in [1.54, 1.807) is 16.0 Å². The molecular formula is C16H21N3O3S3. The van der Waals surface area contributed by atoms with Crippen LogP contribution in [0.1, 0.15) is 36.1 Å². The molecule has 2 aromatic rings. The fourth-order valence-corrected chi connectivity index (χ4v) is 6.72. The zero-order valence-electron chi connectivity index (χ0n) is 13.8. The van der Waals surface area contributed by atoms with E-state index >= 15 is 0 Å². The van der Waals surface area contributed by atoms with Gasteiger partial charge < -0.3 is 4.42 Å². The lowest BCUT2D eigenvalue weighted by molar-refractivity contribution is 0.190. The maximum absolute atomic E-state index is 11.6. The third-order valence-electron chi connectivity index (χ3n) is 4.99. The summed E-state index contributed by atoms with van der Waals surface area (Å²) in [5.41, 5.74) is 0. The molecule has 2 aliphatic rings. The lowest BCUT2D eigenvalue weighted by Crippen LogP contribution is -2.26. The largest absolute Gasteiger partial charge is 0.414 e. The van der Waals surface area contributed by atoms with Gasteiger partial charge in [-0.15, -0.1) is 16.4 Å². The molecule has 9 heteroatoms. The number of hydrogen-bond donors (Lipinski definition) is 0. The molecule has 0 radical (unpaired) electrons. The number of aromatic nitrogens is 2. The molecule has 2 fully saturated rings. The van der Waals surface area contributed by atoms with Crippen molar-refractivity contribution in [2.75, 3.05) is 18.1 Å². The van der Waals surface area contributed by atoms with Crippen molar-refractivity contribution < 1.29 is 12.8 Å². The Hall–Kier alpha value is -1.03. The SMILES string of the molecule is O=S1(=O)CC[C@@H](Cc2nn(CN3CCC[C@@H]3c3cccs3)c(=S)o2)C1. The first kappa shape index (κ1) is 17.4. The molecule has 6 nitrogen and oxygen atoms in total. The first-order valence-electron chi connectivity index (χ1n) is 8.55. The summed E-state index contributed by atoms with van der Waals surface area (Å²) in [6.45, 7) is 1.64. The van der Waals surface area contributed by atoms with E-state index < -0.39 is 9.84 Å². The van der Waals surface area contributed by atoms with Gasteiger partial charge in [-0.1, -0.05) is 6.07 Å². The van der Waals surface area contributed by atoms with Crippen molar-refractivity contribution in [2.24, 2.45) is 5.92 Å². The van der Waals surface area contributed by atoms with Crippen LogP contribution in [0.25, 0.3) is 0 Å². The summed E-state index contributed by atoms with van der Waals surface area (Å²) >= 11 is 7.11. The molecule has 136 valence electrons. The molecule has 0 saturated carbocycles. The normalized spacial score (nSPS) is 26.4. The second-order valence-electron chi connectivity index (χ2n) is 6.86.